The predicted octanol–water partition coefficient (Wildman–Crippen LogP) is 3.01. The molecule has 0 aliphatic rings. The van der Waals surface area contributed by atoms with Gasteiger partial charge in [-0.3, -0.25) is 0 Å². The molecule has 2 aromatic heterocycles. The monoisotopic (exact) mass is 364 g/mol. The lowest BCUT2D eigenvalue weighted by molar-refractivity contribution is 0.558. The second-order valence-corrected chi connectivity index (χ2v) is 8.55. The highest BCUT2D eigenvalue weighted by atomic mass is 32.2. The molecule has 128 valence electrons. The Kier molecular flexibility index (Phi) is 4.46. The number of fused-ring (bicyclic) bond motifs is 1. The van der Waals surface area contributed by atoms with Crippen molar-refractivity contribution in [1.29, 1.82) is 0 Å². The number of rotatable bonds is 5. The molecule has 1 atom stereocenters. The molecule has 0 saturated carbocycles. The molecular weight excluding hydrogens is 344 g/mol. The van der Waals surface area contributed by atoms with Crippen LogP contribution in [0.25, 0.3) is 4.96 Å². The van der Waals surface area contributed by atoms with Crippen molar-refractivity contribution in [3.63, 3.8) is 0 Å². The summed E-state index contributed by atoms with van der Waals surface area (Å²) in [6, 6.07) is 7.61. The molecule has 0 bridgehead atoms. The van der Waals surface area contributed by atoms with E-state index in [0.717, 1.165) is 17.0 Å². The van der Waals surface area contributed by atoms with Crippen LogP contribution in [0.3, 0.4) is 0 Å². The van der Waals surface area contributed by atoms with E-state index in [1.54, 1.807) is 6.92 Å². The summed E-state index contributed by atoms with van der Waals surface area (Å²) >= 11 is 1.37. The third-order valence-electron chi connectivity index (χ3n) is 3.90. The Hall–Kier alpha value is -1.77. The number of benzene rings is 1. The maximum Gasteiger partial charge on any atom is 0.260 e. The number of aryl methyl sites for hydroxylation is 3. The minimum Gasteiger partial charge on any atom is -0.221 e. The van der Waals surface area contributed by atoms with E-state index in [-0.39, 0.29) is 11.1 Å². The Morgan fingerprint density at radius 1 is 1.25 bits per heavy atom. The van der Waals surface area contributed by atoms with Crippen molar-refractivity contribution in [2.24, 2.45) is 0 Å². The van der Waals surface area contributed by atoms with E-state index in [2.05, 4.69) is 21.7 Å². The van der Waals surface area contributed by atoms with Gasteiger partial charge in [-0.2, -0.15) is 9.61 Å². The van der Waals surface area contributed by atoms with E-state index in [4.69, 9.17) is 0 Å². The molecule has 0 radical (unpaired) electrons. The average molecular weight is 364 g/mol. The fourth-order valence-electron chi connectivity index (χ4n) is 2.63. The van der Waals surface area contributed by atoms with Gasteiger partial charge in [0.2, 0.25) is 4.96 Å². The van der Waals surface area contributed by atoms with Crippen LogP contribution in [0.15, 0.2) is 29.3 Å². The Morgan fingerprint density at radius 3 is 2.54 bits per heavy atom. The van der Waals surface area contributed by atoms with Crippen LogP contribution in [-0.4, -0.2) is 23.0 Å². The van der Waals surface area contributed by atoms with E-state index in [0.29, 0.717) is 10.7 Å². The van der Waals surface area contributed by atoms with Gasteiger partial charge in [-0.05, 0) is 38.3 Å². The number of aromatic nitrogens is 3. The highest BCUT2D eigenvalue weighted by molar-refractivity contribution is 7.89. The number of nitrogens with one attached hydrogen (secondary N) is 1. The lowest BCUT2D eigenvalue weighted by Gasteiger charge is -2.15. The third-order valence-corrected chi connectivity index (χ3v) is 6.37. The van der Waals surface area contributed by atoms with Crippen LogP contribution in [0.4, 0.5) is 0 Å². The van der Waals surface area contributed by atoms with Crippen molar-refractivity contribution in [2.45, 2.75) is 45.2 Å². The summed E-state index contributed by atoms with van der Waals surface area (Å²) in [5, 5.41) is 5.14. The highest BCUT2D eigenvalue weighted by Gasteiger charge is 2.27. The van der Waals surface area contributed by atoms with Gasteiger partial charge in [0.15, 0.2) is 5.03 Å². The molecule has 1 N–H and O–H groups in total. The van der Waals surface area contributed by atoms with E-state index in [9.17, 15) is 8.42 Å². The molecule has 0 spiro atoms. The Labute approximate surface area is 145 Å². The van der Waals surface area contributed by atoms with Crippen LogP contribution in [0.5, 0.6) is 0 Å². The first-order chi connectivity index (χ1) is 11.3. The van der Waals surface area contributed by atoms with Crippen molar-refractivity contribution >= 4 is 26.3 Å². The van der Waals surface area contributed by atoms with Gasteiger partial charge in [-0.1, -0.05) is 42.5 Å². The summed E-state index contributed by atoms with van der Waals surface area (Å²) in [6.07, 6.45) is 0.955. The van der Waals surface area contributed by atoms with Crippen molar-refractivity contribution in [2.75, 3.05) is 0 Å². The molecule has 0 fully saturated rings. The number of sulfonamides is 1. The summed E-state index contributed by atoms with van der Waals surface area (Å²) in [5.74, 6) is 0. The fraction of sp³-hybridized carbons (Fsp3) is 0.375. The van der Waals surface area contributed by atoms with E-state index < -0.39 is 10.0 Å². The van der Waals surface area contributed by atoms with Crippen LogP contribution in [0.2, 0.25) is 0 Å². The normalized spacial score (nSPS) is 13.5. The SMILES string of the molecule is CCc1ccc([C@H](C)NS(=O)(=O)c2c(C)nc3sc(C)nn23)cc1. The summed E-state index contributed by atoms with van der Waals surface area (Å²) in [7, 11) is -3.73. The number of imidazole rings is 1. The molecule has 0 amide bonds. The van der Waals surface area contributed by atoms with Crippen LogP contribution < -0.4 is 4.72 Å². The second kappa shape index (κ2) is 6.27. The summed E-state index contributed by atoms with van der Waals surface area (Å²) in [6.45, 7) is 7.44. The zero-order valence-corrected chi connectivity index (χ0v) is 15.7. The predicted molar refractivity (Wildman–Crippen MR) is 94.9 cm³/mol. The van der Waals surface area contributed by atoms with E-state index in [1.165, 1.54) is 21.4 Å². The van der Waals surface area contributed by atoms with Gasteiger partial charge in [0.25, 0.3) is 10.0 Å². The molecule has 0 aliphatic heterocycles. The second-order valence-electron chi connectivity index (χ2n) is 5.76. The third kappa shape index (κ3) is 3.09. The summed E-state index contributed by atoms with van der Waals surface area (Å²) < 4.78 is 29.8. The lowest BCUT2D eigenvalue weighted by Crippen LogP contribution is -2.28. The van der Waals surface area contributed by atoms with Crippen molar-refractivity contribution < 1.29 is 8.42 Å². The number of nitrogens with zero attached hydrogens (tertiary/aromatic N) is 3. The maximum absolute atomic E-state index is 12.8. The first-order valence-corrected chi connectivity index (χ1v) is 10.1. The topological polar surface area (TPSA) is 76.4 Å². The maximum atomic E-state index is 12.8. The largest absolute Gasteiger partial charge is 0.260 e. The first-order valence-electron chi connectivity index (χ1n) is 7.75. The molecule has 8 heteroatoms. The van der Waals surface area contributed by atoms with Crippen molar-refractivity contribution in [3.8, 4) is 0 Å². The van der Waals surface area contributed by atoms with Crippen LogP contribution in [0.1, 0.15) is 41.7 Å². The Bertz CT molecular complexity index is 972. The Balaban J connectivity index is 1.93. The standard InChI is InChI=1S/C16H20N4O2S2/c1-5-13-6-8-14(9-7-13)10(2)19-24(21,22)15-11(3)17-16-20(15)18-12(4)23-16/h6-10,19H,5H2,1-4H3/t10-/m0/s1. The minimum absolute atomic E-state index is 0.110. The average Bonchev–Trinajstić information content (AvgIpc) is 3.00. The fourth-order valence-corrected chi connectivity index (χ4v) is 4.98. The van der Waals surface area contributed by atoms with Crippen LogP contribution in [-0.2, 0) is 16.4 Å². The molecule has 24 heavy (non-hydrogen) atoms. The van der Waals surface area contributed by atoms with Gasteiger partial charge in [-0.25, -0.2) is 18.1 Å². The van der Waals surface area contributed by atoms with Gasteiger partial charge in [-0.15, -0.1) is 0 Å². The highest BCUT2D eigenvalue weighted by Crippen LogP contribution is 2.23. The van der Waals surface area contributed by atoms with Crippen LogP contribution >= 0.6 is 11.3 Å². The quantitative estimate of drug-likeness (QED) is 0.755. The molecular formula is C16H20N4O2S2. The molecule has 0 unspecified atom stereocenters. The van der Waals surface area contributed by atoms with E-state index >= 15 is 0 Å². The Morgan fingerprint density at radius 2 is 1.92 bits per heavy atom. The van der Waals surface area contributed by atoms with Crippen LogP contribution in [0, 0.1) is 13.8 Å². The van der Waals surface area contributed by atoms with Crippen molar-refractivity contribution in [3.05, 3.63) is 46.1 Å². The zero-order valence-electron chi connectivity index (χ0n) is 14.1. The molecule has 3 aromatic rings. The minimum atomic E-state index is -3.73. The number of hydrogen-bond acceptors (Lipinski definition) is 5. The molecule has 6 nitrogen and oxygen atoms in total. The summed E-state index contributed by atoms with van der Waals surface area (Å²) in [4.78, 5) is 4.89. The van der Waals surface area contributed by atoms with Gasteiger partial charge < -0.3 is 0 Å². The number of hydrogen-bond donors (Lipinski definition) is 1. The molecule has 1 aromatic carbocycles. The molecule has 2 heterocycles. The van der Waals surface area contributed by atoms with Gasteiger partial charge in [0.1, 0.15) is 5.01 Å². The molecule has 0 saturated heterocycles. The van der Waals surface area contributed by atoms with Crippen molar-refractivity contribution in [1.82, 2.24) is 19.3 Å². The van der Waals surface area contributed by atoms with Gasteiger partial charge in [0, 0.05) is 6.04 Å². The first kappa shape index (κ1) is 17.1. The van der Waals surface area contributed by atoms with Gasteiger partial charge in [0.05, 0.1) is 5.69 Å². The molecule has 3 rings (SSSR count). The summed E-state index contributed by atoms with van der Waals surface area (Å²) in [5.41, 5.74) is 2.60. The zero-order chi connectivity index (χ0) is 17.5. The molecule has 0 aliphatic carbocycles. The van der Waals surface area contributed by atoms with Gasteiger partial charge >= 0.3 is 0 Å². The smallest absolute Gasteiger partial charge is 0.221 e. The lowest BCUT2D eigenvalue weighted by atomic mass is 10.1. The van der Waals surface area contributed by atoms with E-state index in [1.807, 2.05) is 38.1 Å².